The van der Waals surface area contributed by atoms with Crippen molar-refractivity contribution in [2.24, 2.45) is 0 Å². The van der Waals surface area contributed by atoms with Gasteiger partial charge in [0.1, 0.15) is 6.10 Å². The van der Waals surface area contributed by atoms with E-state index in [4.69, 9.17) is 0 Å². The van der Waals surface area contributed by atoms with E-state index < -0.39 is 6.10 Å². The molecule has 0 aliphatic rings. The molecule has 1 N–H and O–H groups in total. The summed E-state index contributed by atoms with van der Waals surface area (Å²) in [7, 11) is 0. The number of aliphatic hydroxyl groups excluding tert-OH is 1. The second-order valence-corrected chi connectivity index (χ2v) is 6.49. The molecule has 22 heavy (non-hydrogen) atoms. The maximum Gasteiger partial charge on any atom is 0.187 e. The molecule has 0 fully saturated rings. The Labute approximate surface area is 136 Å². The molecule has 0 saturated heterocycles. The maximum absolute atomic E-state index is 12.0. The highest BCUT2D eigenvalue weighted by atomic mass is 16.3. The average Bonchev–Trinajstić information content (AvgIpc) is 2.37. The van der Waals surface area contributed by atoms with Gasteiger partial charge in [0, 0.05) is 0 Å². The minimum atomic E-state index is -1.02. The van der Waals surface area contributed by atoms with Crippen LogP contribution in [0.1, 0.15) is 67.2 Å². The minimum Gasteiger partial charge on any atom is -0.381 e. The van der Waals surface area contributed by atoms with Gasteiger partial charge in [-0.05, 0) is 79.4 Å². The molecule has 2 heteroatoms. The van der Waals surface area contributed by atoms with Crippen LogP contribution >= 0.6 is 0 Å². The van der Waals surface area contributed by atoms with E-state index in [1.165, 1.54) is 11.1 Å². The lowest BCUT2D eigenvalue weighted by molar-refractivity contribution is -0.120. The lowest BCUT2D eigenvalue weighted by atomic mass is 10.0. The van der Waals surface area contributed by atoms with Crippen molar-refractivity contribution in [2.45, 2.75) is 73.3 Å². The van der Waals surface area contributed by atoms with Crippen molar-refractivity contribution in [3.05, 3.63) is 46.6 Å². The predicted octanol–water partition coefficient (Wildman–Crippen LogP) is 5.30. The van der Waals surface area contributed by atoms with Crippen LogP contribution in [0.2, 0.25) is 0 Å². The van der Waals surface area contributed by atoms with E-state index in [1.807, 2.05) is 13.8 Å². The van der Waals surface area contributed by atoms with Crippen molar-refractivity contribution >= 4 is 5.78 Å². The topological polar surface area (TPSA) is 37.3 Å². The minimum absolute atomic E-state index is 0.226. The molecule has 0 bridgehead atoms. The van der Waals surface area contributed by atoms with Crippen molar-refractivity contribution in [3.8, 4) is 0 Å². The zero-order chi connectivity index (χ0) is 17.1. The molecule has 1 unspecified atom stereocenters. The Morgan fingerprint density at radius 1 is 0.864 bits per heavy atom. The molecule has 1 atom stereocenters. The van der Waals surface area contributed by atoms with Gasteiger partial charge < -0.3 is 5.11 Å². The molecular formula is C20H32O2. The first-order valence-corrected chi connectivity index (χ1v) is 8.05. The Kier molecular flexibility index (Phi) is 10.5. The van der Waals surface area contributed by atoms with Crippen LogP contribution in [0.4, 0.5) is 0 Å². The monoisotopic (exact) mass is 304 g/mol. The van der Waals surface area contributed by atoms with E-state index in [9.17, 15) is 9.90 Å². The van der Waals surface area contributed by atoms with Crippen molar-refractivity contribution in [1.29, 1.82) is 0 Å². The Hall–Kier alpha value is -1.41. The number of hydrogen-bond acceptors (Lipinski definition) is 2. The summed E-state index contributed by atoms with van der Waals surface area (Å²) in [4.78, 5) is 12.0. The quantitative estimate of drug-likeness (QED) is 0.463. The molecule has 0 saturated carbocycles. The number of ketones is 1. The van der Waals surface area contributed by atoms with E-state index in [0.717, 1.165) is 36.8 Å². The van der Waals surface area contributed by atoms with Crippen LogP contribution in [-0.2, 0) is 4.79 Å². The third-order valence-electron chi connectivity index (χ3n) is 3.31. The van der Waals surface area contributed by atoms with Gasteiger partial charge in [-0.25, -0.2) is 0 Å². The average molecular weight is 304 g/mol. The smallest absolute Gasteiger partial charge is 0.187 e. The van der Waals surface area contributed by atoms with Gasteiger partial charge in [-0.3, -0.25) is 4.79 Å². The molecule has 0 spiro atoms. The van der Waals surface area contributed by atoms with Gasteiger partial charge in [-0.2, -0.15) is 0 Å². The Balaban J connectivity index is 4.45. The summed E-state index contributed by atoms with van der Waals surface area (Å²) >= 11 is 0. The number of carbonyl (C=O) groups excluding carboxylic acids is 1. The van der Waals surface area contributed by atoms with Gasteiger partial charge in [-0.1, -0.05) is 34.4 Å². The van der Waals surface area contributed by atoms with Crippen LogP contribution in [-0.4, -0.2) is 17.0 Å². The summed E-state index contributed by atoms with van der Waals surface area (Å²) in [6.07, 6.45) is 10.2. The molecule has 0 amide bonds. The number of aliphatic hydroxyl groups is 1. The first-order valence-electron chi connectivity index (χ1n) is 8.05. The number of allylic oxidation sites excluding steroid dienone is 6. The summed E-state index contributed by atoms with van der Waals surface area (Å²) in [5, 5.41) is 9.96. The normalized spacial score (nSPS) is 13.6. The highest BCUT2D eigenvalue weighted by Gasteiger charge is 2.10. The molecule has 0 aromatic carbocycles. The summed E-state index contributed by atoms with van der Waals surface area (Å²) in [5.74, 6) is -0.226. The molecule has 0 rings (SSSR count). The van der Waals surface area contributed by atoms with Gasteiger partial charge in [0.15, 0.2) is 5.78 Å². The van der Waals surface area contributed by atoms with E-state index >= 15 is 0 Å². The van der Waals surface area contributed by atoms with E-state index in [1.54, 1.807) is 12.2 Å². The third kappa shape index (κ3) is 11.3. The zero-order valence-electron chi connectivity index (χ0n) is 15.1. The fourth-order valence-corrected chi connectivity index (χ4v) is 2.01. The zero-order valence-corrected chi connectivity index (χ0v) is 15.1. The van der Waals surface area contributed by atoms with Crippen LogP contribution in [0.3, 0.4) is 0 Å². The molecule has 0 aromatic rings. The summed E-state index contributed by atoms with van der Waals surface area (Å²) < 4.78 is 0. The lowest BCUT2D eigenvalue weighted by Crippen LogP contribution is -2.16. The van der Waals surface area contributed by atoms with Crippen molar-refractivity contribution in [2.75, 3.05) is 0 Å². The fourth-order valence-electron chi connectivity index (χ4n) is 2.01. The molecule has 0 heterocycles. The molecule has 2 nitrogen and oxygen atoms in total. The van der Waals surface area contributed by atoms with Gasteiger partial charge in [0.2, 0.25) is 0 Å². The van der Waals surface area contributed by atoms with Crippen LogP contribution in [0, 0.1) is 0 Å². The summed E-state index contributed by atoms with van der Waals surface area (Å²) in [6, 6.07) is 0. The molecule has 0 aliphatic heterocycles. The van der Waals surface area contributed by atoms with Gasteiger partial charge >= 0.3 is 0 Å². The number of carbonyl (C=O) groups is 1. The molecule has 0 aromatic heterocycles. The van der Waals surface area contributed by atoms with Crippen LogP contribution in [0.25, 0.3) is 0 Å². The SMILES string of the molecule is CC(C)=CCC/C(C)=C/C(=O)C(O)/C=C(\C)CCC=C(C)C. The lowest BCUT2D eigenvalue weighted by Gasteiger charge is -2.06. The fraction of sp³-hybridized carbons (Fsp3) is 0.550. The molecule has 0 radical (unpaired) electrons. The first kappa shape index (κ1) is 20.6. The second-order valence-electron chi connectivity index (χ2n) is 6.49. The summed E-state index contributed by atoms with van der Waals surface area (Å²) in [5.41, 5.74) is 4.64. The van der Waals surface area contributed by atoms with Crippen LogP contribution in [0.5, 0.6) is 0 Å². The highest BCUT2D eigenvalue weighted by Crippen LogP contribution is 2.10. The second kappa shape index (κ2) is 11.2. The number of hydrogen-bond donors (Lipinski definition) is 1. The van der Waals surface area contributed by atoms with Crippen molar-refractivity contribution < 1.29 is 9.90 Å². The Morgan fingerprint density at radius 3 is 1.77 bits per heavy atom. The van der Waals surface area contributed by atoms with Crippen LogP contribution in [0.15, 0.2) is 46.6 Å². The maximum atomic E-state index is 12.0. The van der Waals surface area contributed by atoms with Crippen molar-refractivity contribution in [1.82, 2.24) is 0 Å². The molecule has 0 aliphatic carbocycles. The van der Waals surface area contributed by atoms with Gasteiger partial charge in [0.05, 0.1) is 0 Å². The van der Waals surface area contributed by atoms with Gasteiger partial charge in [-0.15, -0.1) is 0 Å². The Morgan fingerprint density at radius 2 is 1.32 bits per heavy atom. The van der Waals surface area contributed by atoms with Crippen molar-refractivity contribution in [3.63, 3.8) is 0 Å². The standard InChI is InChI=1S/C20H32O2/c1-15(2)9-7-11-17(5)13-19(21)20(22)14-18(6)12-8-10-16(3)4/h9-10,13-14,19,21H,7-8,11-12H2,1-6H3/b17-13+,18-14+. The first-order chi connectivity index (χ1) is 10.2. The predicted molar refractivity (Wildman–Crippen MR) is 95.9 cm³/mol. The highest BCUT2D eigenvalue weighted by molar-refractivity contribution is 5.95. The molecule has 124 valence electrons. The van der Waals surface area contributed by atoms with Gasteiger partial charge in [0.25, 0.3) is 0 Å². The van der Waals surface area contributed by atoms with E-state index in [-0.39, 0.29) is 5.78 Å². The van der Waals surface area contributed by atoms with E-state index in [0.29, 0.717) is 0 Å². The number of rotatable bonds is 9. The largest absolute Gasteiger partial charge is 0.381 e. The van der Waals surface area contributed by atoms with E-state index in [2.05, 4.69) is 39.8 Å². The van der Waals surface area contributed by atoms with Crippen LogP contribution < -0.4 is 0 Å². The molecular weight excluding hydrogens is 272 g/mol. The Bertz CT molecular complexity index is 468. The summed E-state index contributed by atoms with van der Waals surface area (Å²) in [6.45, 7) is 12.2. The third-order valence-corrected chi connectivity index (χ3v) is 3.31.